The van der Waals surface area contributed by atoms with Gasteiger partial charge in [0, 0.05) is 6.04 Å². The van der Waals surface area contributed by atoms with E-state index in [1.165, 1.54) is 36.8 Å². The van der Waals surface area contributed by atoms with Crippen LogP contribution in [0.3, 0.4) is 0 Å². The number of carbonyl (C=O) groups excluding carboxylic acids is 1. The Labute approximate surface area is 164 Å². The van der Waals surface area contributed by atoms with Crippen LogP contribution in [0.4, 0.5) is 10.1 Å². The molecule has 0 aromatic heterocycles. The first kappa shape index (κ1) is 18.9. The van der Waals surface area contributed by atoms with Gasteiger partial charge in [-0.15, -0.1) is 0 Å². The number of amides is 1. The first-order chi connectivity index (χ1) is 13.4. The van der Waals surface area contributed by atoms with E-state index >= 15 is 0 Å². The van der Waals surface area contributed by atoms with Crippen LogP contribution >= 0.6 is 0 Å². The third-order valence-corrected chi connectivity index (χ3v) is 7.60. The summed E-state index contributed by atoms with van der Waals surface area (Å²) < 4.78 is 41.6. The van der Waals surface area contributed by atoms with Crippen molar-refractivity contribution < 1.29 is 17.6 Å². The van der Waals surface area contributed by atoms with E-state index in [9.17, 15) is 17.6 Å². The fourth-order valence-corrected chi connectivity index (χ4v) is 5.93. The molecule has 2 aromatic carbocycles. The average molecular weight is 402 g/mol. The van der Waals surface area contributed by atoms with E-state index in [0.717, 1.165) is 23.6 Å². The van der Waals surface area contributed by atoms with Crippen LogP contribution in [0, 0.1) is 17.7 Å². The van der Waals surface area contributed by atoms with Crippen molar-refractivity contribution in [2.75, 3.05) is 10.8 Å². The average Bonchev–Trinajstić information content (AvgIpc) is 3.30. The van der Waals surface area contributed by atoms with Crippen molar-refractivity contribution in [3.63, 3.8) is 0 Å². The monoisotopic (exact) mass is 402 g/mol. The Morgan fingerprint density at radius 1 is 1.04 bits per heavy atom. The smallest absolute Gasteiger partial charge is 0.264 e. The van der Waals surface area contributed by atoms with Gasteiger partial charge in [0.25, 0.3) is 10.0 Å². The number of carbonyl (C=O) groups is 1. The van der Waals surface area contributed by atoms with Gasteiger partial charge in [0.2, 0.25) is 5.91 Å². The Morgan fingerprint density at radius 3 is 2.39 bits per heavy atom. The molecule has 4 rings (SSSR count). The van der Waals surface area contributed by atoms with E-state index in [-0.39, 0.29) is 16.6 Å². The van der Waals surface area contributed by atoms with E-state index in [4.69, 9.17) is 0 Å². The number of fused-ring (bicyclic) bond motifs is 2. The van der Waals surface area contributed by atoms with Crippen LogP contribution < -0.4 is 9.62 Å². The van der Waals surface area contributed by atoms with Crippen molar-refractivity contribution in [1.82, 2.24) is 5.32 Å². The van der Waals surface area contributed by atoms with Crippen LogP contribution in [0.15, 0.2) is 59.5 Å². The molecule has 3 atom stereocenters. The highest BCUT2D eigenvalue weighted by molar-refractivity contribution is 7.92. The summed E-state index contributed by atoms with van der Waals surface area (Å²) in [6.45, 7) is -0.452. The summed E-state index contributed by atoms with van der Waals surface area (Å²) in [5.74, 6) is 0.0441. The van der Waals surface area contributed by atoms with Gasteiger partial charge >= 0.3 is 0 Å². The highest BCUT2D eigenvalue weighted by atomic mass is 32.2. The molecule has 2 aromatic rings. The molecule has 0 unspecified atom stereocenters. The normalized spacial score (nSPS) is 23.5. The molecule has 1 N–H and O–H groups in total. The molecule has 28 heavy (non-hydrogen) atoms. The molecule has 0 heterocycles. The number of para-hydroxylation sites is 1. The molecule has 0 saturated heterocycles. The SMILES string of the molecule is O=C(CN(c1ccccc1F)S(=O)(=O)c1ccccc1)N[C@H]1C[C@H]2CC[C@H]1C2. The van der Waals surface area contributed by atoms with Crippen LogP contribution in [0.1, 0.15) is 25.7 Å². The molecule has 0 spiro atoms. The van der Waals surface area contributed by atoms with Gasteiger partial charge in [-0.05, 0) is 55.4 Å². The Kier molecular flexibility index (Phi) is 5.10. The largest absolute Gasteiger partial charge is 0.352 e. The van der Waals surface area contributed by atoms with E-state index in [1.807, 2.05) is 0 Å². The topological polar surface area (TPSA) is 66.5 Å². The minimum absolute atomic E-state index is 0.0194. The first-order valence-electron chi connectivity index (χ1n) is 9.57. The van der Waals surface area contributed by atoms with E-state index in [0.29, 0.717) is 11.8 Å². The van der Waals surface area contributed by atoms with Gasteiger partial charge in [0.1, 0.15) is 12.4 Å². The van der Waals surface area contributed by atoms with Gasteiger partial charge in [-0.25, -0.2) is 12.8 Å². The van der Waals surface area contributed by atoms with Crippen LogP contribution in [0.25, 0.3) is 0 Å². The second-order valence-corrected chi connectivity index (χ2v) is 9.49. The van der Waals surface area contributed by atoms with E-state index in [2.05, 4.69) is 5.32 Å². The van der Waals surface area contributed by atoms with Gasteiger partial charge < -0.3 is 5.32 Å². The second-order valence-electron chi connectivity index (χ2n) is 7.63. The molecule has 5 nitrogen and oxygen atoms in total. The highest BCUT2D eigenvalue weighted by Gasteiger charge is 2.40. The molecule has 0 aliphatic heterocycles. The Hall–Kier alpha value is -2.41. The molecular weight excluding hydrogens is 379 g/mol. The van der Waals surface area contributed by atoms with E-state index < -0.39 is 28.3 Å². The van der Waals surface area contributed by atoms with Crippen molar-refractivity contribution >= 4 is 21.6 Å². The van der Waals surface area contributed by atoms with Crippen molar-refractivity contribution in [3.05, 3.63) is 60.4 Å². The molecule has 1 amide bonds. The number of hydrogen-bond donors (Lipinski definition) is 1. The van der Waals surface area contributed by atoms with Crippen LogP contribution in [-0.4, -0.2) is 26.9 Å². The molecule has 2 saturated carbocycles. The maximum absolute atomic E-state index is 14.4. The zero-order chi connectivity index (χ0) is 19.7. The summed E-state index contributed by atoms with van der Waals surface area (Å²) in [4.78, 5) is 12.7. The third kappa shape index (κ3) is 3.63. The van der Waals surface area contributed by atoms with Crippen LogP contribution in [0.5, 0.6) is 0 Å². The minimum Gasteiger partial charge on any atom is -0.352 e. The van der Waals surface area contributed by atoms with Crippen molar-refractivity contribution in [3.8, 4) is 0 Å². The number of hydrogen-bond acceptors (Lipinski definition) is 3. The number of nitrogens with zero attached hydrogens (tertiary/aromatic N) is 1. The maximum Gasteiger partial charge on any atom is 0.264 e. The number of anilines is 1. The zero-order valence-corrected chi connectivity index (χ0v) is 16.2. The van der Waals surface area contributed by atoms with Crippen molar-refractivity contribution in [1.29, 1.82) is 0 Å². The Balaban J connectivity index is 1.60. The Bertz CT molecular complexity index is 965. The van der Waals surface area contributed by atoms with Crippen LogP contribution in [0.2, 0.25) is 0 Å². The number of benzene rings is 2. The quantitative estimate of drug-likeness (QED) is 0.806. The minimum atomic E-state index is -4.08. The molecule has 2 bridgehead atoms. The number of halogens is 1. The number of sulfonamides is 1. The lowest BCUT2D eigenvalue weighted by atomic mass is 9.95. The standard InChI is InChI=1S/C21H23FN2O3S/c22-18-8-4-5-9-20(18)24(28(26,27)17-6-2-1-3-7-17)14-21(25)23-19-13-15-10-11-16(19)12-15/h1-9,15-16,19H,10-14H2,(H,23,25)/t15-,16-,19-/m0/s1. The Morgan fingerprint density at radius 2 is 1.75 bits per heavy atom. The van der Waals surface area contributed by atoms with Gasteiger partial charge in [-0.1, -0.05) is 36.8 Å². The molecule has 7 heteroatoms. The summed E-state index contributed by atoms with van der Waals surface area (Å²) >= 11 is 0. The molecule has 2 aliphatic carbocycles. The molecule has 148 valence electrons. The lowest BCUT2D eigenvalue weighted by molar-refractivity contribution is -0.120. The van der Waals surface area contributed by atoms with Gasteiger partial charge in [-0.2, -0.15) is 0 Å². The predicted octanol–water partition coefficient (Wildman–Crippen LogP) is 3.33. The summed E-state index contributed by atoms with van der Waals surface area (Å²) in [7, 11) is -4.08. The summed E-state index contributed by atoms with van der Waals surface area (Å²) in [6.07, 6.45) is 4.39. The fraction of sp³-hybridized carbons (Fsp3) is 0.381. The van der Waals surface area contributed by atoms with Crippen molar-refractivity contribution in [2.24, 2.45) is 11.8 Å². The van der Waals surface area contributed by atoms with Crippen LogP contribution in [-0.2, 0) is 14.8 Å². The lowest BCUT2D eigenvalue weighted by Crippen LogP contribution is -2.46. The summed E-state index contributed by atoms with van der Waals surface area (Å²) in [5, 5.41) is 2.99. The lowest BCUT2D eigenvalue weighted by Gasteiger charge is -2.27. The zero-order valence-electron chi connectivity index (χ0n) is 15.4. The molecule has 2 aliphatic rings. The summed E-state index contributed by atoms with van der Waals surface area (Å²) in [6, 6.07) is 13.5. The second kappa shape index (κ2) is 7.54. The molecule has 0 radical (unpaired) electrons. The molecular formula is C21H23FN2O3S. The van der Waals surface area contributed by atoms with E-state index in [1.54, 1.807) is 24.3 Å². The number of nitrogens with one attached hydrogen (secondary N) is 1. The van der Waals surface area contributed by atoms with Gasteiger partial charge in [0.15, 0.2) is 0 Å². The highest BCUT2D eigenvalue weighted by Crippen LogP contribution is 2.44. The maximum atomic E-state index is 14.4. The number of rotatable bonds is 6. The fourth-order valence-electron chi connectivity index (χ4n) is 4.48. The predicted molar refractivity (Wildman–Crippen MR) is 105 cm³/mol. The van der Waals surface area contributed by atoms with Gasteiger partial charge in [-0.3, -0.25) is 9.10 Å². The van der Waals surface area contributed by atoms with Gasteiger partial charge in [0.05, 0.1) is 10.6 Å². The molecule has 2 fully saturated rings. The first-order valence-corrected chi connectivity index (χ1v) is 11.0. The summed E-state index contributed by atoms with van der Waals surface area (Å²) in [5.41, 5.74) is -0.130. The third-order valence-electron chi connectivity index (χ3n) is 5.82. The van der Waals surface area contributed by atoms with Crippen molar-refractivity contribution in [2.45, 2.75) is 36.6 Å².